The number of halogens is 1. The molecule has 0 spiro atoms. The molecule has 0 aromatic carbocycles. The normalized spacial score (nSPS) is 11.8. The fraction of sp³-hybridized carbons (Fsp3) is 1.00. The maximum atomic E-state index is 2.37. The van der Waals surface area contributed by atoms with E-state index in [2.05, 4.69) is 27.7 Å². The molecule has 2 heteroatoms. The van der Waals surface area contributed by atoms with Crippen molar-refractivity contribution in [3.63, 3.8) is 0 Å². The van der Waals surface area contributed by atoms with Gasteiger partial charge in [-0.15, -0.1) is 0 Å². The molecular weight excluding hydrogens is 710 g/mol. The highest BCUT2D eigenvalue weighted by atomic mass is 127. The summed E-state index contributed by atoms with van der Waals surface area (Å²) < 4.78 is 0. The molecule has 0 aliphatic rings. The zero-order valence-electron chi connectivity index (χ0n) is 34.5. The Kier molecular flexibility index (Phi) is 47.3. The van der Waals surface area contributed by atoms with Crippen LogP contribution in [0.15, 0.2) is 0 Å². The maximum absolute atomic E-state index is 2.37. The molecule has 0 unspecified atom stereocenters. The Balaban J connectivity index is 0. The SMILES string of the molecule is CCCCCCCCCCCCCCCC[P+](CCCCCCC)(CCCCCCC)CCCCCCCCCCCCCCCC.[I-]. The Morgan fingerprint density at radius 2 is 0.312 bits per heavy atom. The fourth-order valence-corrected chi connectivity index (χ4v) is 13.0. The number of hydrogen-bond acceptors (Lipinski definition) is 0. The third-order valence-electron chi connectivity index (χ3n) is 11.4. The lowest BCUT2D eigenvalue weighted by Gasteiger charge is -2.28. The fourth-order valence-electron chi connectivity index (χ4n) is 8.06. The van der Waals surface area contributed by atoms with E-state index in [0.29, 0.717) is 0 Å². The van der Waals surface area contributed by atoms with Crippen molar-refractivity contribution in [2.75, 3.05) is 24.6 Å². The van der Waals surface area contributed by atoms with Crippen LogP contribution in [0.5, 0.6) is 0 Å². The van der Waals surface area contributed by atoms with E-state index in [0.717, 1.165) is 0 Å². The molecule has 292 valence electrons. The van der Waals surface area contributed by atoms with Gasteiger partial charge >= 0.3 is 0 Å². The van der Waals surface area contributed by atoms with Crippen molar-refractivity contribution in [2.45, 2.75) is 272 Å². The van der Waals surface area contributed by atoms with Gasteiger partial charge in [0.15, 0.2) is 0 Å². The Labute approximate surface area is 325 Å². The molecule has 0 aliphatic carbocycles. The van der Waals surface area contributed by atoms with Gasteiger partial charge in [-0.3, -0.25) is 0 Å². The van der Waals surface area contributed by atoms with Crippen molar-refractivity contribution >= 4 is 7.26 Å². The van der Waals surface area contributed by atoms with Gasteiger partial charge in [-0.1, -0.05) is 220 Å². The average molecular weight is 807 g/mol. The lowest BCUT2D eigenvalue weighted by molar-refractivity contribution is -0.0000106. The summed E-state index contributed by atoms with van der Waals surface area (Å²) in [6, 6.07) is 0. The van der Waals surface area contributed by atoms with E-state index in [1.165, 1.54) is 218 Å². The summed E-state index contributed by atoms with van der Waals surface area (Å²) in [5, 5.41) is 0. The molecule has 0 aromatic heterocycles. The monoisotopic (exact) mass is 807 g/mol. The predicted octanol–water partition coefficient (Wildman–Crippen LogP) is 14.9. The Morgan fingerprint density at radius 3 is 0.458 bits per heavy atom. The van der Waals surface area contributed by atoms with Crippen molar-refractivity contribution in [3.8, 4) is 0 Å². The van der Waals surface area contributed by atoms with Crippen molar-refractivity contribution in [3.05, 3.63) is 0 Å². The van der Waals surface area contributed by atoms with Crippen LogP contribution in [-0.2, 0) is 0 Å². The molecule has 0 bridgehead atoms. The van der Waals surface area contributed by atoms with Gasteiger partial charge in [0.1, 0.15) is 0 Å². The first-order chi connectivity index (χ1) is 23.2. The van der Waals surface area contributed by atoms with Crippen LogP contribution in [0.3, 0.4) is 0 Å². The summed E-state index contributed by atoms with van der Waals surface area (Å²) in [5.41, 5.74) is 0. The largest absolute Gasteiger partial charge is 1.00 e. The lowest BCUT2D eigenvalue weighted by Crippen LogP contribution is -3.00. The van der Waals surface area contributed by atoms with Gasteiger partial charge in [0.2, 0.25) is 0 Å². The van der Waals surface area contributed by atoms with E-state index < -0.39 is 7.26 Å². The van der Waals surface area contributed by atoms with Gasteiger partial charge in [-0.25, -0.2) is 0 Å². The topological polar surface area (TPSA) is 0 Å². The third kappa shape index (κ3) is 38.4. The molecule has 0 aliphatic heterocycles. The van der Waals surface area contributed by atoms with Gasteiger partial charge in [0, 0.05) is 7.26 Å². The van der Waals surface area contributed by atoms with Crippen molar-refractivity contribution in [2.24, 2.45) is 0 Å². The van der Waals surface area contributed by atoms with Gasteiger partial charge in [0.25, 0.3) is 0 Å². The molecule has 48 heavy (non-hydrogen) atoms. The van der Waals surface area contributed by atoms with Crippen LogP contribution in [0.1, 0.15) is 272 Å². The number of rotatable bonds is 42. The maximum Gasteiger partial charge on any atom is 0.0594 e. The standard InChI is InChI=1S/C46H96P.HI/c1-5-9-13-17-19-21-23-25-27-29-31-33-37-41-45-47(43-39-35-15-11-7-3,44-40-36-16-12-8-4)46-42-38-34-32-30-28-26-24-22-20-18-14-10-6-2;/h5-46H2,1-4H3;1H/q+1;/p-1. The summed E-state index contributed by atoms with van der Waals surface area (Å²) in [6.07, 6.45) is 63.2. The van der Waals surface area contributed by atoms with Gasteiger partial charge in [-0.2, -0.15) is 0 Å². The zero-order valence-corrected chi connectivity index (χ0v) is 37.6. The molecule has 0 rings (SSSR count). The summed E-state index contributed by atoms with van der Waals surface area (Å²) in [6.45, 7) is 9.40. The summed E-state index contributed by atoms with van der Waals surface area (Å²) in [5.74, 6) is 0. The van der Waals surface area contributed by atoms with E-state index in [1.807, 2.05) is 0 Å². The molecule has 0 fully saturated rings. The molecule has 0 saturated heterocycles. The summed E-state index contributed by atoms with van der Waals surface area (Å²) in [4.78, 5) is 0. The molecule has 0 amide bonds. The van der Waals surface area contributed by atoms with Crippen LogP contribution in [0.2, 0.25) is 0 Å². The molecule has 0 heterocycles. The van der Waals surface area contributed by atoms with E-state index in [1.54, 1.807) is 50.3 Å². The first kappa shape index (κ1) is 51.3. The molecule has 0 radical (unpaired) electrons. The van der Waals surface area contributed by atoms with Crippen LogP contribution < -0.4 is 24.0 Å². The first-order valence-corrected chi connectivity index (χ1v) is 25.6. The van der Waals surface area contributed by atoms with Crippen molar-refractivity contribution in [1.82, 2.24) is 0 Å². The minimum absolute atomic E-state index is 0. The zero-order chi connectivity index (χ0) is 34.2. The Bertz CT molecular complexity index is 500. The van der Waals surface area contributed by atoms with E-state index in [4.69, 9.17) is 0 Å². The molecular formula is C46H96IP. The Hall–Kier alpha value is 1.16. The van der Waals surface area contributed by atoms with Crippen LogP contribution in [0, 0.1) is 0 Å². The number of unbranched alkanes of at least 4 members (excludes halogenated alkanes) is 34. The highest BCUT2D eigenvalue weighted by Crippen LogP contribution is 2.61. The molecule has 0 nitrogen and oxygen atoms in total. The second-order valence-corrected chi connectivity index (χ2v) is 20.7. The van der Waals surface area contributed by atoms with Crippen LogP contribution >= 0.6 is 7.26 Å². The molecule has 0 saturated carbocycles. The highest BCUT2D eigenvalue weighted by molar-refractivity contribution is 7.75. The van der Waals surface area contributed by atoms with Gasteiger partial charge in [0.05, 0.1) is 24.6 Å². The highest BCUT2D eigenvalue weighted by Gasteiger charge is 2.35. The van der Waals surface area contributed by atoms with Crippen LogP contribution in [0.25, 0.3) is 0 Å². The molecule has 0 atom stereocenters. The van der Waals surface area contributed by atoms with Crippen molar-refractivity contribution in [1.29, 1.82) is 0 Å². The van der Waals surface area contributed by atoms with Crippen LogP contribution in [0.4, 0.5) is 0 Å². The number of hydrogen-bond donors (Lipinski definition) is 0. The van der Waals surface area contributed by atoms with E-state index in [9.17, 15) is 0 Å². The van der Waals surface area contributed by atoms with Gasteiger partial charge in [-0.05, 0) is 51.4 Å². The quantitative estimate of drug-likeness (QED) is 0.0327. The lowest BCUT2D eigenvalue weighted by atomic mass is 10.0. The minimum Gasteiger partial charge on any atom is -1.00 e. The molecule has 0 N–H and O–H groups in total. The van der Waals surface area contributed by atoms with Crippen LogP contribution in [-0.4, -0.2) is 24.6 Å². The second-order valence-electron chi connectivity index (χ2n) is 16.3. The van der Waals surface area contributed by atoms with Crippen molar-refractivity contribution < 1.29 is 24.0 Å². The minimum atomic E-state index is -0.762. The molecule has 0 aromatic rings. The van der Waals surface area contributed by atoms with E-state index >= 15 is 0 Å². The average Bonchev–Trinajstić information content (AvgIpc) is 3.08. The summed E-state index contributed by atoms with van der Waals surface area (Å²) >= 11 is 0. The van der Waals surface area contributed by atoms with E-state index in [-0.39, 0.29) is 24.0 Å². The second kappa shape index (κ2) is 44.3. The first-order valence-electron chi connectivity index (χ1n) is 23.1. The Morgan fingerprint density at radius 1 is 0.188 bits per heavy atom. The smallest absolute Gasteiger partial charge is 0.0594 e. The van der Waals surface area contributed by atoms with Gasteiger partial charge < -0.3 is 24.0 Å². The predicted molar refractivity (Wildman–Crippen MR) is 225 cm³/mol. The third-order valence-corrected chi connectivity index (χ3v) is 16.5. The summed E-state index contributed by atoms with van der Waals surface area (Å²) in [7, 11) is -0.762.